The van der Waals surface area contributed by atoms with Crippen LogP contribution in [0.1, 0.15) is 23.0 Å². The van der Waals surface area contributed by atoms with E-state index in [1.54, 1.807) is 5.38 Å². The molecule has 5 heteroatoms. The molecule has 0 aliphatic carbocycles. The Morgan fingerprint density at radius 1 is 1.40 bits per heavy atom. The minimum Gasteiger partial charge on any atom is -0.396 e. The lowest BCUT2D eigenvalue weighted by atomic mass is 10.2. The zero-order chi connectivity index (χ0) is 14.5. The van der Waals surface area contributed by atoms with Crippen LogP contribution in [0, 0.1) is 12.8 Å². The number of aryl methyl sites for hydroxylation is 1. The fraction of sp³-hybridized carbons (Fsp3) is 0.333. The maximum Gasteiger partial charge on any atom is 0.270 e. The van der Waals surface area contributed by atoms with Crippen molar-refractivity contribution in [3.05, 3.63) is 40.9 Å². The molecule has 2 rings (SSSR count). The van der Waals surface area contributed by atoms with Gasteiger partial charge in [0, 0.05) is 24.1 Å². The Morgan fingerprint density at radius 3 is 2.75 bits per heavy atom. The molecule has 1 aromatic carbocycles. The normalized spacial score (nSPS) is 12.2. The smallest absolute Gasteiger partial charge is 0.270 e. The van der Waals surface area contributed by atoms with Gasteiger partial charge in [-0.1, -0.05) is 36.8 Å². The molecular weight excluding hydrogens is 272 g/mol. The molecule has 0 saturated carbocycles. The van der Waals surface area contributed by atoms with E-state index in [0.717, 1.165) is 10.6 Å². The van der Waals surface area contributed by atoms with E-state index in [2.05, 4.69) is 10.3 Å². The fourth-order valence-corrected chi connectivity index (χ4v) is 2.44. The molecule has 1 amide bonds. The lowest BCUT2D eigenvalue weighted by Crippen LogP contribution is -2.29. The van der Waals surface area contributed by atoms with Crippen molar-refractivity contribution in [3.63, 3.8) is 0 Å². The minimum absolute atomic E-state index is 0.0501. The van der Waals surface area contributed by atoms with Crippen molar-refractivity contribution in [2.45, 2.75) is 13.8 Å². The molecule has 0 aliphatic rings. The van der Waals surface area contributed by atoms with Crippen molar-refractivity contribution in [2.24, 2.45) is 5.92 Å². The third-order valence-electron chi connectivity index (χ3n) is 2.96. The van der Waals surface area contributed by atoms with E-state index in [1.165, 1.54) is 16.9 Å². The quantitative estimate of drug-likeness (QED) is 0.889. The van der Waals surface area contributed by atoms with E-state index in [9.17, 15) is 4.79 Å². The molecule has 0 bridgehead atoms. The Hall–Kier alpha value is -1.72. The SMILES string of the molecule is Cc1ccc(-c2nc(C(=O)NCC(C)CO)cs2)cc1. The van der Waals surface area contributed by atoms with E-state index >= 15 is 0 Å². The molecule has 0 fully saturated rings. The van der Waals surface area contributed by atoms with E-state index in [4.69, 9.17) is 5.11 Å². The minimum atomic E-state index is -0.195. The fourth-order valence-electron chi connectivity index (χ4n) is 1.63. The Kier molecular flexibility index (Phi) is 4.87. The summed E-state index contributed by atoms with van der Waals surface area (Å²) < 4.78 is 0. The van der Waals surface area contributed by atoms with Gasteiger partial charge in [-0.25, -0.2) is 4.98 Å². The van der Waals surface area contributed by atoms with Crippen LogP contribution in [0.2, 0.25) is 0 Å². The topological polar surface area (TPSA) is 62.2 Å². The van der Waals surface area contributed by atoms with Gasteiger partial charge in [-0.2, -0.15) is 0 Å². The second-order valence-electron chi connectivity index (χ2n) is 4.90. The van der Waals surface area contributed by atoms with Crippen molar-refractivity contribution in [1.29, 1.82) is 0 Å². The predicted octanol–water partition coefficient (Wildman–Crippen LogP) is 2.48. The molecule has 1 unspecified atom stereocenters. The van der Waals surface area contributed by atoms with Crippen molar-refractivity contribution in [1.82, 2.24) is 10.3 Å². The molecule has 1 aromatic heterocycles. The molecule has 0 saturated heterocycles. The highest BCUT2D eigenvalue weighted by Crippen LogP contribution is 2.23. The second-order valence-corrected chi connectivity index (χ2v) is 5.76. The van der Waals surface area contributed by atoms with Crippen LogP contribution in [-0.4, -0.2) is 29.1 Å². The molecule has 20 heavy (non-hydrogen) atoms. The molecule has 1 heterocycles. The zero-order valence-corrected chi connectivity index (χ0v) is 12.4. The van der Waals surface area contributed by atoms with Gasteiger partial charge in [-0.3, -0.25) is 4.79 Å². The number of aliphatic hydroxyl groups excluding tert-OH is 1. The first-order chi connectivity index (χ1) is 9.60. The van der Waals surface area contributed by atoms with Crippen LogP contribution in [0.5, 0.6) is 0 Å². The maximum absolute atomic E-state index is 11.9. The van der Waals surface area contributed by atoms with E-state index in [-0.39, 0.29) is 18.4 Å². The van der Waals surface area contributed by atoms with Crippen LogP contribution in [0.15, 0.2) is 29.6 Å². The average Bonchev–Trinajstić information content (AvgIpc) is 2.95. The lowest BCUT2D eigenvalue weighted by molar-refractivity contribution is 0.0938. The molecule has 0 spiro atoms. The summed E-state index contributed by atoms with van der Waals surface area (Å²) in [5.74, 6) is -0.144. The first kappa shape index (κ1) is 14.7. The summed E-state index contributed by atoms with van der Waals surface area (Å²) in [6.07, 6.45) is 0. The van der Waals surface area contributed by atoms with Crippen molar-refractivity contribution in [2.75, 3.05) is 13.2 Å². The summed E-state index contributed by atoms with van der Waals surface area (Å²) >= 11 is 1.46. The van der Waals surface area contributed by atoms with Crippen LogP contribution in [-0.2, 0) is 0 Å². The summed E-state index contributed by atoms with van der Waals surface area (Å²) in [4.78, 5) is 16.3. The van der Waals surface area contributed by atoms with Gasteiger partial charge >= 0.3 is 0 Å². The largest absolute Gasteiger partial charge is 0.396 e. The Labute approximate surface area is 122 Å². The van der Waals surface area contributed by atoms with Crippen LogP contribution in [0.25, 0.3) is 10.6 Å². The van der Waals surface area contributed by atoms with Crippen LogP contribution < -0.4 is 5.32 Å². The maximum atomic E-state index is 11.9. The lowest BCUT2D eigenvalue weighted by Gasteiger charge is -2.07. The number of amides is 1. The highest BCUT2D eigenvalue weighted by atomic mass is 32.1. The number of aliphatic hydroxyl groups is 1. The number of hydrogen-bond acceptors (Lipinski definition) is 4. The van der Waals surface area contributed by atoms with Crippen molar-refractivity contribution < 1.29 is 9.90 Å². The van der Waals surface area contributed by atoms with E-state index < -0.39 is 0 Å². The number of hydrogen-bond donors (Lipinski definition) is 2. The monoisotopic (exact) mass is 290 g/mol. The molecule has 0 radical (unpaired) electrons. The Bertz CT molecular complexity index is 578. The Balaban J connectivity index is 2.05. The molecule has 2 N–H and O–H groups in total. The second kappa shape index (κ2) is 6.63. The van der Waals surface area contributed by atoms with Gasteiger partial charge in [0.25, 0.3) is 5.91 Å². The predicted molar refractivity (Wildman–Crippen MR) is 80.9 cm³/mol. The number of benzene rings is 1. The van der Waals surface area contributed by atoms with Gasteiger partial charge in [-0.05, 0) is 12.8 Å². The molecule has 106 valence electrons. The number of rotatable bonds is 5. The summed E-state index contributed by atoms with van der Waals surface area (Å²) in [5.41, 5.74) is 2.64. The third-order valence-corrected chi connectivity index (χ3v) is 3.85. The van der Waals surface area contributed by atoms with Crippen LogP contribution in [0.4, 0.5) is 0 Å². The highest BCUT2D eigenvalue weighted by molar-refractivity contribution is 7.13. The van der Waals surface area contributed by atoms with Crippen molar-refractivity contribution in [3.8, 4) is 10.6 Å². The number of nitrogens with one attached hydrogen (secondary N) is 1. The summed E-state index contributed by atoms with van der Waals surface area (Å²) in [7, 11) is 0. The van der Waals surface area contributed by atoms with Gasteiger partial charge in [0.1, 0.15) is 10.7 Å². The number of thiazole rings is 1. The van der Waals surface area contributed by atoms with Gasteiger partial charge in [0.2, 0.25) is 0 Å². The number of aromatic nitrogens is 1. The molecule has 2 aromatic rings. The molecule has 1 atom stereocenters. The van der Waals surface area contributed by atoms with Crippen molar-refractivity contribution >= 4 is 17.2 Å². The van der Waals surface area contributed by atoms with Crippen LogP contribution in [0.3, 0.4) is 0 Å². The van der Waals surface area contributed by atoms with E-state index in [1.807, 2.05) is 38.1 Å². The molecular formula is C15H18N2O2S. The summed E-state index contributed by atoms with van der Waals surface area (Å²) in [6, 6.07) is 8.06. The first-order valence-electron chi connectivity index (χ1n) is 6.51. The van der Waals surface area contributed by atoms with E-state index in [0.29, 0.717) is 12.2 Å². The first-order valence-corrected chi connectivity index (χ1v) is 7.39. The van der Waals surface area contributed by atoms with Gasteiger partial charge in [0.15, 0.2) is 0 Å². The van der Waals surface area contributed by atoms with Gasteiger partial charge in [0.05, 0.1) is 0 Å². The zero-order valence-electron chi connectivity index (χ0n) is 11.6. The standard InChI is InChI=1S/C15H18N2O2S/c1-10-3-5-12(6-4-10)15-17-13(9-20-15)14(19)16-7-11(2)8-18/h3-6,9,11,18H,7-8H2,1-2H3,(H,16,19). The van der Waals surface area contributed by atoms with Gasteiger partial charge in [-0.15, -0.1) is 11.3 Å². The average molecular weight is 290 g/mol. The summed E-state index contributed by atoms with van der Waals surface area (Å²) in [6.45, 7) is 4.42. The third kappa shape index (κ3) is 3.65. The van der Waals surface area contributed by atoms with Gasteiger partial charge < -0.3 is 10.4 Å². The molecule has 0 aliphatic heterocycles. The number of carbonyl (C=O) groups excluding carboxylic acids is 1. The highest BCUT2D eigenvalue weighted by Gasteiger charge is 2.12. The Morgan fingerprint density at radius 2 is 2.10 bits per heavy atom. The molecule has 4 nitrogen and oxygen atoms in total. The summed E-state index contributed by atoms with van der Waals surface area (Å²) in [5, 5.41) is 14.3. The number of nitrogens with zero attached hydrogens (tertiary/aromatic N) is 1. The number of carbonyl (C=O) groups is 1. The van der Waals surface area contributed by atoms with Crippen LogP contribution >= 0.6 is 11.3 Å².